The minimum absolute atomic E-state index is 0.713. The van der Waals surface area contributed by atoms with Crippen LogP contribution < -0.4 is 0 Å². The van der Waals surface area contributed by atoms with Crippen molar-refractivity contribution in [3.05, 3.63) is 0 Å². The average Bonchev–Trinajstić information content (AvgIpc) is 2.29. The lowest BCUT2D eigenvalue weighted by atomic mass is 10.4. The zero-order valence-corrected chi connectivity index (χ0v) is 9.74. The number of hydrogen-bond acceptors (Lipinski definition) is 4. The van der Waals surface area contributed by atoms with E-state index in [1.807, 2.05) is 0 Å². The summed E-state index contributed by atoms with van der Waals surface area (Å²) in [6.45, 7) is 9.99. The van der Waals surface area contributed by atoms with Crippen molar-refractivity contribution < 1.29 is 14.2 Å². The first-order valence-corrected chi connectivity index (χ1v) is 5.89. The summed E-state index contributed by atoms with van der Waals surface area (Å²) >= 11 is 0. The number of rotatable bonds is 8. The lowest BCUT2D eigenvalue weighted by Crippen LogP contribution is -2.38. The Kier molecular flexibility index (Phi) is 7.83. The minimum Gasteiger partial charge on any atom is -0.379 e. The Morgan fingerprint density at radius 2 is 1.67 bits per heavy atom. The van der Waals surface area contributed by atoms with Crippen LogP contribution in [-0.4, -0.2) is 64.2 Å². The topological polar surface area (TPSA) is 30.9 Å². The molecule has 0 unspecified atom stereocenters. The predicted octanol–water partition coefficient (Wildman–Crippen LogP) is 0.762. The van der Waals surface area contributed by atoms with Crippen molar-refractivity contribution in [1.82, 2.24) is 4.90 Å². The number of ether oxygens (including phenoxy) is 3. The Bertz CT molecular complexity index is 138. The molecule has 0 bridgehead atoms. The van der Waals surface area contributed by atoms with Crippen molar-refractivity contribution in [1.29, 1.82) is 0 Å². The van der Waals surface area contributed by atoms with Gasteiger partial charge in [-0.25, -0.2) is 0 Å². The maximum absolute atomic E-state index is 5.48. The molecule has 90 valence electrons. The van der Waals surface area contributed by atoms with E-state index in [9.17, 15) is 0 Å². The van der Waals surface area contributed by atoms with Crippen molar-refractivity contribution in [2.75, 3.05) is 59.3 Å². The van der Waals surface area contributed by atoms with E-state index < -0.39 is 0 Å². The van der Waals surface area contributed by atoms with Crippen LogP contribution in [0.15, 0.2) is 0 Å². The molecule has 4 heteroatoms. The van der Waals surface area contributed by atoms with Crippen LogP contribution in [0.4, 0.5) is 0 Å². The molecule has 0 spiro atoms. The fraction of sp³-hybridized carbons (Fsp3) is 1.00. The fourth-order valence-corrected chi connectivity index (χ4v) is 1.48. The molecule has 0 radical (unpaired) electrons. The predicted molar refractivity (Wildman–Crippen MR) is 59.2 cm³/mol. The highest BCUT2D eigenvalue weighted by Gasteiger charge is 2.08. The van der Waals surface area contributed by atoms with Crippen LogP contribution >= 0.6 is 0 Å². The molecule has 0 N–H and O–H groups in total. The molecule has 1 saturated heterocycles. The van der Waals surface area contributed by atoms with Gasteiger partial charge >= 0.3 is 0 Å². The van der Waals surface area contributed by atoms with Crippen LogP contribution in [0.5, 0.6) is 0 Å². The van der Waals surface area contributed by atoms with Gasteiger partial charge in [-0.1, -0.05) is 6.92 Å². The highest BCUT2D eigenvalue weighted by atomic mass is 16.5. The SMILES string of the molecule is CCCOCCOCCN1CCOCC1. The molecule has 0 amide bonds. The summed E-state index contributed by atoms with van der Waals surface area (Å²) in [6.07, 6.45) is 1.08. The molecule has 1 fully saturated rings. The molecule has 1 aliphatic rings. The van der Waals surface area contributed by atoms with Gasteiger partial charge in [0.05, 0.1) is 33.0 Å². The van der Waals surface area contributed by atoms with Crippen LogP contribution in [0.1, 0.15) is 13.3 Å². The van der Waals surface area contributed by atoms with Gasteiger partial charge in [0, 0.05) is 26.2 Å². The van der Waals surface area contributed by atoms with E-state index >= 15 is 0 Å². The van der Waals surface area contributed by atoms with Crippen molar-refractivity contribution in [3.8, 4) is 0 Å². The first-order valence-electron chi connectivity index (χ1n) is 5.89. The van der Waals surface area contributed by atoms with Gasteiger partial charge in [0.1, 0.15) is 0 Å². The van der Waals surface area contributed by atoms with Gasteiger partial charge < -0.3 is 14.2 Å². The lowest BCUT2D eigenvalue weighted by Gasteiger charge is -2.26. The lowest BCUT2D eigenvalue weighted by molar-refractivity contribution is 0.00807. The van der Waals surface area contributed by atoms with E-state index in [4.69, 9.17) is 14.2 Å². The van der Waals surface area contributed by atoms with Gasteiger partial charge in [0.15, 0.2) is 0 Å². The van der Waals surface area contributed by atoms with Gasteiger partial charge in [-0.3, -0.25) is 4.90 Å². The van der Waals surface area contributed by atoms with Gasteiger partial charge in [-0.15, -0.1) is 0 Å². The van der Waals surface area contributed by atoms with Crippen molar-refractivity contribution in [2.24, 2.45) is 0 Å². The second kappa shape index (κ2) is 9.09. The molecule has 1 aliphatic heterocycles. The van der Waals surface area contributed by atoms with Crippen LogP contribution in [0.25, 0.3) is 0 Å². The molecule has 0 aromatic carbocycles. The Balaban J connectivity index is 1.79. The standard InChI is InChI=1S/C11H23NO3/c1-2-6-13-10-11-15-9-5-12-3-7-14-8-4-12/h2-11H2,1H3. The molecule has 4 nitrogen and oxygen atoms in total. The van der Waals surface area contributed by atoms with Crippen molar-refractivity contribution >= 4 is 0 Å². The molecule has 0 aromatic rings. The smallest absolute Gasteiger partial charge is 0.0701 e. The quantitative estimate of drug-likeness (QED) is 0.562. The van der Waals surface area contributed by atoms with Crippen molar-refractivity contribution in [2.45, 2.75) is 13.3 Å². The van der Waals surface area contributed by atoms with E-state index in [1.165, 1.54) is 0 Å². The monoisotopic (exact) mass is 217 g/mol. The second-order valence-corrected chi connectivity index (χ2v) is 3.68. The molecule has 15 heavy (non-hydrogen) atoms. The summed E-state index contributed by atoms with van der Waals surface area (Å²) in [4.78, 5) is 2.37. The molecule has 0 saturated carbocycles. The molecule has 1 heterocycles. The van der Waals surface area contributed by atoms with Gasteiger partial charge in [0.2, 0.25) is 0 Å². The maximum atomic E-state index is 5.48. The highest BCUT2D eigenvalue weighted by molar-refractivity contribution is 4.60. The first-order chi connectivity index (χ1) is 7.43. The van der Waals surface area contributed by atoms with E-state index in [1.54, 1.807) is 0 Å². The van der Waals surface area contributed by atoms with E-state index in [0.29, 0.717) is 6.61 Å². The summed E-state index contributed by atoms with van der Waals surface area (Å²) in [5, 5.41) is 0. The van der Waals surface area contributed by atoms with E-state index in [0.717, 1.165) is 59.1 Å². The number of hydrogen-bond donors (Lipinski definition) is 0. The maximum Gasteiger partial charge on any atom is 0.0701 e. The first kappa shape index (κ1) is 12.9. The summed E-state index contributed by atoms with van der Waals surface area (Å²) in [7, 11) is 0. The zero-order chi connectivity index (χ0) is 10.8. The molecule has 1 rings (SSSR count). The third kappa shape index (κ3) is 6.84. The molecule has 0 atom stereocenters. The third-order valence-electron chi connectivity index (χ3n) is 2.38. The summed E-state index contributed by atoms with van der Waals surface area (Å²) < 4.78 is 16.1. The second-order valence-electron chi connectivity index (χ2n) is 3.68. The summed E-state index contributed by atoms with van der Waals surface area (Å²) in [5.41, 5.74) is 0. The fourth-order valence-electron chi connectivity index (χ4n) is 1.48. The third-order valence-corrected chi connectivity index (χ3v) is 2.38. The molecular formula is C11H23NO3. The van der Waals surface area contributed by atoms with Crippen molar-refractivity contribution in [3.63, 3.8) is 0 Å². The van der Waals surface area contributed by atoms with E-state index in [2.05, 4.69) is 11.8 Å². The Labute approximate surface area is 92.5 Å². The highest BCUT2D eigenvalue weighted by Crippen LogP contribution is 1.95. The summed E-state index contributed by atoms with van der Waals surface area (Å²) in [5.74, 6) is 0. The Morgan fingerprint density at radius 3 is 2.33 bits per heavy atom. The van der Waals surface area contributed by atoms with Gasteiger partial charge in [-0.05, 0) is 6.42 Å². The zero-order valence-electron chi connectivity index (χ0n) is 9.74. The average molecular weight is 217 g/mol. The Hall–Kier alpha value is -0.160. The normalized spacial score (nSPS) is 18.2. The van der Waals surface area contributed by atoms with Crippen LogP contribution in [0.2, 0.25) is 0 Å². The van der Waals surface area contributed by atoms with E-state index in [-0.39, 0.29) is 0 Å². The number of morpholine rings is 1. The molecule has 0 aliphatic carbocycles. The minimum atomic E-state index is 0.713. The van der Waals surface area contributed by atoms with Crippen LogP contribution in [0.3, 0.4) is 0 Å². The molecule has 0 aromatic heterocycles. The largest absolute Gasteiger partial charge is 0.379 e. The summed E-state index contributed by atoms with van der Waals surface area (Å²) in [6, 6.07) is 0. The van der Waals surface area contributed by atoms with Gasteiger partial charge in [0.25, 0.3) is 0 Å². The van der Waals surface area contributed by atoms with Crippen LogP contribution in [-0.2, 0) is 14.2 Å². The van der Waals surface area contributed by atoms with Gasteiger partial charge in [-0.2, -0.15) is 0 Å². The Morgan fingerprint density at radius 1 is 1.00 bits per heavy atom. The number of nitrogens with zero attached hydrogens (tertiary/aromatic N) is 1. The molecular weight excluding hydrogens is 194 g/mol. The van der Waals surface area contributed by atoms with Crippen LogP contribution in [0, 0.1) is 0 Å².